The van der Waals surface area contributed by atoms with Crippen LogP contribution in [-0.2, 0) is 15.9 Å². The Bertz CT molecular complexity index is 355. The van der Waals surface area contributed by atoms with Gasteiger partial charge in [-0.3, -0.25) is 4.55 Å². The topological polar surface area (TPSA) is 54.4 Å². The highest BCUT2D eigenvalue weighted by molar-refractivity contribution is 14.1. The van der Waals surface area contributed by atoms with Gasteiger partial charge in [-0.1, -0.05) is 12.1 Å². The van der Waals surface area contributed by atoms with Crippen molar-refractivity contribution in [1.29, 1.82) is 0 Å². The second kappa shape index (κ2) is 3.71. The van der Waals surface area contributed by atoms with E-state index < -0.39 is 10.1 Å². The van der Waals surface area contributed by atoms with E-state index in [1.165, 1.54) is 0 Å². The van der Waals surface area contributed by atoms with Crippen molar-refractivity contribution in [1.82, 2.24) is 0 Å². The van der Waals surface area contributed by atoms with Crippen LogP contribution in [0, 0.1) is 3.57 Å². The Balaban J connectivity index is 2.85. The summed E-state index contributed by atoms with van der Waals surface area (Å²) in [7, 11) is -3.89. The lowest BCUT2D eigenvalue weighted by atomic mass is 10.2. The first-order valence-electron chi connectivity index (χ1n) is 3.17. The molecule has 0 spiro atoms. The largest absolute Gasteiger partial charge is 0.285 e. The molecule has 12 heavy (non-hydrogen) atoms. The van der Waals surface area contributed by atoms with E-state index in [1.54, 1.807) is 24.3 Å². The maximum Gasteiger partial charge on any atom is 0.269 e. The lowest BCUT2D eigenvalue weighted by Crippen LogP contribution is -2.01. The summed E-state index contributed by atoms with van der Waals surface area (Å²) >= 11 is 2.12. The Labute approximate surface area is 84.7 Å². The summed E-state index contributed by atoms with van der Waals surface area (Å²) in [5, 5.41) is 0. The molecule has 0 saturated heterocycles. The van der Waals surface area contributed by atoms with Gasteiger partial charge in [-0.2, -0.15) is 8.42 Å². The van der Waals surface area contributed by atoms with E-state index in [4.69, 9.17) is 4.55 Å². The monoisotopic (exact) mass is 298 g/mol. The average Bonchev–Trinajstić information content (AvgIpc) is 1.91. The van der Waals surface area contributed by atoms with Crippen molar-refractivity contribution in [2.24, 2.45) is 0 Å². The highest BCUT2D eigenvalue weighted by Crippen LogP contribution is 2.08. The van der Waals surface area contributed by atoms with Crippen molar-refractivity contribution < 1.29 is 13.0 Å². The molecule has 0 bridgehead atoms. The quantitative estimate of drug-likeness (QED) is 0.667. The SMILES string of the molecule is O=S(=O)(O)Cc1ccc(I)cc1. The average molecular weight is 298 g/mol. The van der Waals surface area contributed by atoms with Crippen LogP contribution in [0.3, 0.4) is 0 Å². The summed E-state index contributed by atoms with van der Waals surface area (Å²) in [6, 6.07) is 6.94. The van der Waals surface area contributed by atoms with Gasteiger partial charge >= 0.3 is 0 Å². The fourth-order valence-corrected chi connectivity index (χ4v) is 1.76. The Kier molecular flexibility index (Phi) is 3.08. The maximum atomic E-state index is 10.4. The highest BCUT2D eigenvalue weighted by Gasteiger charge is 2.05. The highest BCUT2D eigenvalue weighted by atomic mass is 127. The summed E-state index contributed by atoms with van der Waals surface area (Å²) in [6.07, 6.45) is 0. The molecule has 1 rings (SSSR count). The molecule has 3 nitrogen and oxygen atoms in total. The van der Waals surface area contributed by atoms with Crippen LogP contribution in [0.5, 0.6) is 0 Å². The third-order valence-electron chi connectivity index (χ3n) is 1.26. The van der Waals surface area contributed by atoms with Gasteiger partial charge in [0.05, 0.1) is 0 Å². The van der Waals surface area contributed by atoms with Gasteiger partial charge in [0.25, 0.3) is 10.1 Å². The van der Waals surface area contributed by atoms with Gasteiger partial charge in [0.2, 0.25) is 0 Å². The van der Waals surface area contributed by atoms with Crippen LogP contribution in [0.2, 0.25) is 0 Å². The molecule has 0 aromatic heterocycles. The molecular weight excluding hydrogens is 291 g/mol. The Morgan fingerprint density at radius 2 is 1.75 bits per heavy atom. The molecule has 0 aliphatic carbocycles. The van der Waals surface area contributed by atoms with Crippen molar-refractivity contribution >= 4 is 32.7 Å². The van der Waals surface area contributed by atoms with Crippen molar-refractivity contribution in [2.45, 2.75) is 5.75 Å². The number of halogens is 1. The molecule has 0 atom stereocenters. The second-order valence-electron chi connectivity index (χ2n) is 2.35. The lowest BCUT2D eigenvalue weighted by Gasteiger charge is -1.97. The predicted molar refractivity (Wildman–Crippen MR) is 54.4 cm³/mol. The van der Waals surface area contributed by atoms with Gasteiger partial charge in [0.1, 0.15) is 5.75 Å². The first-order chi connectivity index (χ1) is 5.47. The van der Waals surface area contributed by atoms with Gasteiger partial charge in [-0.15, -0.1) is 0 Å². The minimum atomic E-state index is -3.89. The van der Waals surface area contributed by atoms with Crippen LogP contribution < -0.4 is 0 Å². The zero-order valence-electron chi connectivity index (χ0n) is 6.07. The summed E-state index contributed by atoms with van der Waals surface area (Å²) in [4.78, 5) is 0. The van der Waals surface area contributed by atoms with E-state index in [2.05, 4.69) is 22.6 Å². The van der Waals surface area contributed by atoms with E-state index >= 15 is 0 Å². The van der Waals surface area contributed by atoms with Gasteiger partial charge in [-0.05, 0) is 40.3 Å². The van der Waals surface area contributed by atoms with E-state index in [1.807, 2.05) is 0 Å². The fraction of sp³-hybridized carbons (Fsp3) is 0.143. The second-order valence-corrected chi connectivity index (χ2v) is 5.05. The van der Waals surface area contributed by atoms with Crippen LogP contribution in [0.4, 0.5) is 0 Å². The molecule has 1 aromatic carbocycles. The summed E-state index contributed by atoms with van der Waals surface area (Å²) in [5.74, 6) is -0.316. The standard InChI is InChI=1S/C7H7IO3S/c8-7-3-1-6(2-4-7)5-12(9,10)11/h1-4H,5H2,(H,9,10,11). The third kappa shape index (κ3) is 3.51. The fourth-order valence-electron chi connectivity index (χ4n) is 0.791. The number of benzene rings is 1. The molecule has 1 N–H and O–H groups in total. The number of hydrogen-bond donors (Lipinski definition) is 1. The lowest BCUT2D eigenvalue weighted by molar-refractivity contribution is 0.482. The van der Waals surface area contributed by atoms with Crippen LogP contribution in [0.15, 0.2) is 24.3 Å². The van der Waals surface area contributed by atoms with Crippen LogP contribution in [-0.4, -0.2) is 13.0 Å². The van der Waals surface area contributed by atoms with Gasteiger partial charge in [-0.25, -0.2) is 0 Å². The molecule has 0 amide bonds. The number of hydrogen-bond acceptors (Lipinski definition) is 2. The van der Waals surface area contributed by atoms with Crippen molar-refractivity contribution in [3.63, 3.8) is 0 Å². The van der Waals surface area contributed by atoms with Crippen molar-refractivity contribution in [3.8, 4) is 0 Å². The molecule has 0 aliphatic rings. The Morgan fingerprint density at radius 1 is 1.25 bits per heavy atom. The third-order valence-corrected chi connectivity index (χ3v) is 2.68. The molecule has 1 aromatic rings. The molecule has 0 saturated carbocycles. The predicted octanol–water partition coefficient (Wildman–Crippen LogP) is 1.68. The molecular formula is C7H7IO3S. The molecule has 0 unspecified atom stereocenters. The molecule has 66 valence electrons. The molecule has 0 heterocycles. The first kappa shape index (κ1) is 9.94. The Morgan fingerprint density at radius 3 is 2.17 bits per heavy atom. The van der Waals surface area contributed by atoms with Crippen molar-refractivity contribution in [2.75, 3.05) is 0 Å². The van der Waals surface area contributed by atoms with E-state index in [0.717, 1.165) is 3.57 Å². The smallest absolute Gasteiger partial charge is 0.269 e. The number of rotatable bonds is 2. The molecule has 0 fully saturated rings. The molecule has 0 radical (unpaired) electrons. The zero-order chi connectivity index (χ0) is 9.19. The summed E-state index contributed by atoms with van der Waals surface area (Å²) in [5.41, 5.74) is 0.595. The van der Waals surface area contributed by atoms with Crippen LogP contribution in [0.1, 0.15) is 5.56 Å². The van der Waals surface area contributed by atoms with Gasteiger partial charge in [0.15, 0.2) is 0 Å². The Hall–Kier alpha value is -0.140. The van der Waals surface area contributed by atoms with Gasteiger partial charge < -0.3 is 0 Å². The minimum Gasteiger partial charge on any atom is -0.285 e. The van der Waals surface area contributed by atoms with Crippen LogP contribution in [0.25, 0.3) is 0 Å². The summed E-state index contributed by atoms with van der Waals surface area (Å²) < 4.78 is 30.4. The normalized spacial score (nSPS) is 11.5. The van der Waals surface area contributed by atoms with E-state index in [-0.39, 0.29) is 5.75 Å². The zero-order valence-corrected chi connectivity index (χ0v) is 9.04. The minimum absolute atomic E-state index is 0.316. The molecule has 5 heteroatoms. The first-order valence-corrected chi connectivity index (χ1v) is 5.86. The molecule has 0 aliphatic heterocycles. The van der Waals surface area contributed by atoms with E-state index in [0.29, 0.717) is 5.56 Å². The van der Waals surface area contributed by atoms with Crippen LogP contribution >= 0.6 is 22.6 Å². The van der Waals surface area contributed by atoms with Gasteiger partial charge in [0, 0.05) is 3.57 Å². The van der Waals surface area contributed by atoms with Crippen molar-refractivity contribution in [3.05, 3.63) is 33.4 Å². The summed E-state index contributed by atoms with van der Waals surface area (Å²) in [6.45, 7) is 0. The van der Waals surface area contributed by atoms with E-state index in [9.17, 15) is 8.42 Å². The maximum absolute atomic E-state index is 10.4.